The maximum atomic E-state index is 12.8. The number of nitrogens with one attached hydrogen (secondary N) is 1. The molecule has 1 aliphatic carbocycles. The molecule has 0 bridgehead atoms. The van der Waals surface area contributed by atoms with Crippen LogP contribution in [-0.2, 0) is 33.7 Å². The number of aromatic nitrogens is 2. The van der Waals surface area contributed by atoms with Gasteiger partial charge in [0.15, 0.2) is 6.29 Å². The molecule has 0 saturated heterocycles. The Labute approximate surface area is 156 Å². The zero-order valence-corrected chi connectivity index (χ0v) is 16.1. The van der Waals surface area contributed by atoms with Crippen molar-refractivity contribution in [2.75, 3.05) is 19.8 Å². The fourth-order valence-corrected chi connectivity index (χ4v) is 4.46. The smallest absolute Gasteiger partial charge is 0.262 e. The molecule has 0 fully saturated rings. The monoisotopic (exact) mass is 379 g/mol. The van der Waals surface area contributed by atoms with Crippen molar-refractivity contribution >= 4 is 27.5 Å². The molecule has 2 aromatic heterocycles. The van der Waals surface area contributed by atoms with Crippen LogP contribution in [0.2, 0.25) is 0 Å². The Balaban J connectivity index is 1.71. The van der Waals surface area contributed by atoms with Crippen LogP contribution in [0.5, 0.6) is 0 Å². The molecule has 7 nitrogen and oxygen atoms in total. The van der Waals surface area contributed by atoms with Crippen LogP contribution in [0.1, 0.15) is 37.1 Å². The van der Waals surface area contributed by atoms with Crippen molar-refractivity contribution in [3.05, 3.63) is 27.1 Å². The van der Waals surface area contributed by atoms with Gasteiger partial charge in [-0.2, -0.15) is 0 Å². The summed E-state index contributed by atoms with van der Waals surface area (Å²) >= 11 is 1.61. The normalized spacial score (nSPS) is 14.0. The molecule has 1 N–H and O–H groups in total. The van der Waals surface area contributed by atoms with Crippen molar-refractivity contribution in [3.63, 3.8) is 0 Å². The lowest BCUT2D eigenvalue weighted by Gasteiger charge is -2.17. The van der Waals surface area contributed by atoms with E-state index in [9.17, 15) is 9.59 Å². The molecule has 1 amide bonds. The Morgan fingerprint density at radius 1 is 1.31 bits per heavy atom. The fraction of sp³-hybridized carbons (Fsp3) is 0.611. The number of hydrogen-bond acceptors (Lipinski definition) is 6. The van der Waals surface area contributed by atoms with Gasteiger partial charge < -0.3 is 14.8 Å². The van der Waals surface area contributed by atoms with Crippen LogP contribution < -0.4 is 10.9 Å². The molecule has 0 aromatic carbocycles. The number of fused-ring (bicyclic) bond motifs is 3. The maximum Gasteiger partial charge on any atom is 0.262 e. The Kier molecular flexibility index (Phi) is 6.39. The van der Waals surface area contributed by atoms with Crippen molar-refractivity contribution in [3.8, 4) is 0 Å². The number of ether oxygens (including phenoxy) is 2. The third kappa shape index (κ3) is 4.13. The largest absolute Gasteiger partial charge is 0.351 e. The molecule has 0 aliphatic heterocycles. The number of rotatable bonds is 8. The SMILES string of the molecule is CCOC(CNC(=O)Cn1cnc2sc3c(c2c1=O)CCCC3)OCC. The van der Waals surface area contributed by atoms with Crippen molar-refractivity contribution in [1.82, 2.24) is 14.9 Å². The molecule has 0 spiro atoms. The average Bonchev–Trinajstić information content (AvgIpc) is 3.02. The Hall–Kier alpha value is -1.77. The second-order valence-electron chi connectivity index (χ2n) is 6.21. The lowest BCUT2D eigenvalue weighted by molar-refractivity contribution is -0.140. The van der Waals surface area contributed by atoms with Gasteiger partial charge in [-0.3, -0.25) is 14.2 Å². The minimum absolute atomic E-state index is 0.0582. The highest BCUT2D eigenvalue weighted by Gasteiger charge is 2.20. The van der Waals surface area contributed by atoms with Gasteiger partial charge in [-0.05, 0) is 45.1 Å². The summed E-state index contributed by atoms with van der Waals surface area (Å²) in [5.74, 6) is -0.262. The van der Waals surface area contributed by atoms with Crippen molar-refractivity contribution in [2.24, 2.45) is 0 Å². The van der Waals surface area contributed by atoms with Crippen LogP contribution in [0.15, 0.2) is 11.1 Å². The van der Waals surface area contributed by atoms with Gasteiger partial charge in [0.05, 0.1) is 18.3 Å². The third-order valence-electron chi connectivity index (χ3n) is 4.43. The summed E-state index contributed by atoms with van der Waals surface area (Å²) in [6, 6.07) is 0. The van der Waals surface area contributed by atoms with E-state index in [0.29, 0.717) is 18.6 Å². The van der Waals surface area contributed by atoms with E-state index in [1.165, 1.54) is 15.8 Å². The number of carbonyl (C=O) groups excluding carboxylic acids is 1. The number of hydrogen-bond donors (Lipinski definition) is 1. The first-order valence-electron chi connectivity index (χ1n) is 9.13. The van der Waals surface area contributed by atoms with E-state index in [2.05, 4.69) is 10.3 Å². The summed E-state index contributed by atoms with van der Waals surface area (Å²) in [6.45, 7) is 4.94. The second kappa shape index (κ2) is 8.75. The maximum absolute atomic E-state index is 12.8. The Bertz CT molecular complexity index is 824. The van der Waals surface area contributed by atoms with Gasteiger partial charge in [0, 0.05) is 18.1 Å². The predicted molar refractivity (Wildman–Crippen MR) is 101 cm³/mol. The van der Waals surface area contributed by atoms with Gasteiger partial charge in [-0.25, -0.2) is 4.98 Å². The van der Waals surface area contributed by atoms with E-state index in [1.54, 1.807) is 11.3 Å². The number of aryl methyl sites for hydroxylation is 2. The molecule has 0 saturated carbocycles. The number of nitrogens with zero attached hydrogens (tertiary/aromatic N) is 2. The minimum Gasteiger partial charge on any atom is -0.351 e. The van der Waals surface area contributed by atoms with Crippen molar-refractivity contribution < 1.29 is 14.3 Å². The van der Waals surface area contributed by atoms with Gasteiger partial charge in [-0.1, -0.05) is 0 Å². The average molecular weight is 379 g/mol. The minimum atomic E-state index is -0.477. The molecule has 2 aromatic rings. The summed E-state index contributed by atoms with van der Waals surface area (Å²) in [5, 5.41) is 3.45. The number of carbonyl (C=O) groups is 1. The lowest BCUT2D eigenvalue weighted by atomic mass is 9.97. The summed E-state index contributed by atoms with van der Waals surface area (Å²) in [4.78, 5) is 31.5. The Morgan fingerprint density at radius 2 is 2.04 bits per heavy atom. The van der Waals surface area contributed by atoms with E-state index in [0.717, 1.165) is 36.1 Å². The third-order valence-corrected chi connectivity index (χ3v) is 5.63. The number of thiophene rings is 1. The molecule has 142 valence electrons. The molecule has 26 heavy (non-hydrogen) atoms. The van der Waals surface area contributed by atoms with Crippen LogP contribution in [0, 0.1) is 0 Å². The highest BCUT2D eigenvalue weighted by atomic mass is 32.1. The van der Waals surface area contributed by atoms with E-state index >= 15 is 0 Å². The fourth-order valence-electron chi connectivity index (χ4n) is 3.24. The van der Waals surface area contributed by atoms with E-state index in [-0.39, 0.29) is 24.6 Å². The highest BCUT2D eigenvalue weighted by Crippen LogP contribution is 2.33. The quantitative estimate of drug-likeness (QED) is 0.708. The molecule has 8 heteroatoms. The molecule has 0 radical (unpaired) electrons. The Morgan fingerprint density at radius 3 is 2.77 bits per heavy atom. The van der Waals surface area contributed by atoms with Crippen LogP contribution in [0.25, 0.3) is 10.2 Å². The highest BCUT2D eigenvalue weighted by molar-refractivity contribution is 7.18. The molecular formula is C18H25N3O4S. The molecule has 0 atom stereocenters. The first-order chi connectivity index (χ1) is 12.6. The predicted octanol–water partition coefficient (Wildman–Crippen LogP) is 1.85. The van der Waals surface area contributed by atoms with Gasteiger partial charge >= 0.3 is 0 Å². The molecule has 0 unspecified atom stereocenters. The van der Waals surface area contributed by atoms with Crippen LogP contribution in [0.4, 0.5) is 0 Å². The van der Waals surface area contributed by atoms with Crippen LogP contribution >= 0.6 is 11.3 Å². The standard InChI is InChI=1S/C18H25N3O4S/c1-3-24-15(25-4-2)9-19-14(22)10-21-11-20-17-16(18(21)23)12-7-5-6-8-13(12)26-17/h11,15H,3-10H2,1-2H3,(H,19,22). The lowest BCUT2D eigenvalue weighted by Crippen LogP contribution is -2.38. The summed E-state index contributed by atoms with van der Waals surface area (Å²) in [5.41, 5.74) is 1.01. The van der Waals surface area contributed by atoms with Gasteiger partial charge in [0.2, 0.25) is 5.91 Å². The first-order valence-corrected chi connectivity index (χ1v) is 9.95. The zero-order valence-electron chi connectivity index (χ0n) is 15.2. The van der Waals surface area contributed by atoms with E-state index in [1.807, 2.05) is 13.8 Å². The summed E-state index contributed by atoms with van der Waals surface area (Å²) in [6.07, 6.45) is 5.20. The summed E-state index contributed by atoms with van der Waals surface area (Å²) in [7, 11) is 0. The summed E-state index contributed by atoms with van der Waals surface area (Å²) < 4.78 is 12.2. The van der Waals surface area contributed by atoms with Crippen molar-refractivity contribution in [1.29, 1.82) is 0 Å². The van der Waals surface area contributed by atoms with Gasteiger partial charge in [0.1, 0.15) is 11.4 Å². The second-order valence-corrected chi connectivity index (χ2v) is 7.30. The van der Waals surface area contributed by atoms with E-state index in [4.69, 9.17) is 9.47 Å². The van der Waals surface area contributed by atoms with Gasteiger partial charge in [-0.15, -0.1) is 11.3 Å². The van der Waals surface area contributed by atoms with Crippen LogP contribution in [-0.4, -0.2) is 41.5 Å². The first kappa shape index (κ1) is 19.0. The molecule has 2 heterocycles. The van der Waals surface area contributed by atoms with Gasteiger partial charge in [0.25, 0.3) is 5.56 Å². The van der Waals surface area contributed by atoms with E-state index < -0.39 is 6.29 Å². The molecular weight excluding hydrogens is 354 g/mol. The van der Waals surface area contributed by atoms with Crippen LogP contribution in [0.3, 0.4) is 0 Å². The molecule has 3 rings (SSSR count). The topological polar surface area (TPSA) is 82.5 Å². The zero-order chi connectivity index (χ0) is 18.5. The molecule has 1 aliphatic rings. The number of amides is 1. The van der Waals surface area contributed by atoms with Crippen molar-refractivity contribution in [2.45, 2.75) is 52.4 Å².